The van der Waals surface area contributed by atoms with Crippen LogP contribution in [0.3, 0.4) is 0 Å². The summed E-state index contributed by atoms with van der Waals surface area (Å²) in [5, 5.41) is 9.20. The SMILES string of the molecule is Cc1cc(C(=O)CSc2nnc(C3COc4ccccc4O3)n2C)c(C)n1Cc1ccc(F)cc1. The fourth-order valence-electron chi connectivity index (χ4n) is 4.19. The Morgan fingerprint density at radius 2 is 1.86 bits per heavy atom. The molecule has 0 aliphatic carbocycles. The van der Waals surface area contributed by atoms with Crippen molar-refractivity contribution in [3.63, 3.8) is 0 Å². The van der Waals surface area contributed by atoms with Gasteiger partial charge in [0.1, 0.15) is 12.4 Å². The molecule has 180 valence electrons. The van der Waals surface area contributed by atoms with E-state index in [2.05, 4.69) is 14.8 Å². The van der Waals surface area contributed by atoms with Crippen LogP contribution in [0.25, 0.3) is 0 Å². The first-order chi connectivity index (χ1) is 16.9. The number of carbonyl (C=O) groups is 1. The average molecular weight is 493 g/mol. The lowest BCUT2D eigenvalue weighted by Gasteiger charge is -2.25. The van der Waals surface area contributed by atoms with E-state index in [-0.39, 0.29) is 23.5 Å². The van der Waals surface area contributed by atoms with Crippen molar-refractivity contribution in [2.75, 3.05) is 12.4 Å². The second-order valence-electron chi connectivity index (χ2n) is 8.47. The van der Waals surface area contributed by atoms with Gasteiger partial charge >= 0.3 is 0 Å². The highest BCUT2D eigenvalue weighted by molar-refractivity contribution is 7.99. The quantitative estimate of drug-likeness (QED) is 0.270. The van der Waals surface area contributed by atoms with E-state index in [4.69, 9.17) is 9.47 Å². The van der Waals surface area contributed by atoms with Gasteiger partial charge in [-0.25, -0.2) is 4.39 Å². The zero-order valence-electron chi connectivity index (χ0n) is 19.7. The van der Waals surface area contributed by atoms with Gasteiger partial charge < -0.3 is 18.6 Å². The number of carbonyl (C=O) groups excluding carboxylic acids is 1. The minimum atomic E-state index is -0.377. The monoisotopic (exact) mass is 492 g/mol. The maximum atomic E-state index is 13.2. The summed E-state index contributed by atoms with van der Waals surface area (Å²) in [6.07, 6.45) is -0.377. The van der Waals surface area contributed by atoms with E-state index in [1.54, 1.807) is 12.1 Å². The van der Waals surface area contributed by atoms with E-state index in [1.165, 1.54) is 23.9 Å². The van der Waals surface area contributed by atoms with Crippen LogP contribution in [-0.4, -0.2) is 37.5 Å². The summed E-state index contributed by atoms with van der Waals surface area (Å²) < 4.78 is 29.0. The molecule has 35 heavy (non-hydrogen) atoms. The van der Waals surface area contributed by atoms with Crippen LogP contribution in [-0.2, 0) is 13.6 Å². The molecule has 5 rings (SSSR count). The summed E-state index contributed by atoms with van der Waals surface area (Å²) in [4.78, 5) is 13.1. The molecule has 2 aromatic carbocycles. The van der Waals surface area contributed by atoms with E-state index < -0.39 is 0 Å². The van der Waals surface area contributed by atoms with Crippen molar-refractivity contribution in [1.29, 1.82) is 0 Å². The first-order valence-corrected chi connectivity index (χ1v) is 12.2. The third-order valence-corrected chi connectivity index (χ3v) is 7.15. The first kappa shape index (κ1) is 23.2. The van der Waals surface area contributed by atoms with Gasteiger partial charge in [-0.1, -0.05) is 36.0 Å². The van der Waals surface area contributed by atoms with Crippen molar-refractivity contribution in [3.8, 4) is 11.5 Å². The molecule has 1 aliphatic heterocycles. The predicted molar refractivity (Wildman–Crippen MR) is 131 cm³/mol. The van der Waals surface area contributed by atoms with E-state index >= 15 is 0 Å². The number of benzene rings is 2. The number of hydrogen-bond donors (Lipinski definition) is 0. The van der Waals surface area contributed by atoms with Crippen LogP contribution >= 0.6 is 11.8 Å². The van der Waals surface area contributed by atoms with Crippen molar-refractivity contribution in [3.05, 3.63) is 88.8 Å². The van der Waals surface area contributed by atoms with E-state index in [0.29, 0.717) is 41.2 Å². The third-order valence-electron chi connectivity index (χ3n) is 6.13. The molecule has 1 unspecified atom stereocenters. The Morgan fingerprint density at radius 3 is 2.63 bits per heavy atom. The number of para-hydroxylation sites is 2. The molecular weight excluding hydrogens is 467 g/mol. The highest BCUT2D eigenvalue weighted by Crippen LogP contribution is 2.36. The van der Waals surface area contributed by atoms with Gasteiger partial charge in [0, 0.05) is 30.5 Å². The van der Waals surface area contributed by atoms with Gasteiger partial charge in [-0.05, 0) is 49.7 Å². The van der Waals surface area contributed by atoms with Crippen molar-refractivity contribution in [2.45, 2.75) is 31.7 Å². The molecule has 0 saturated heterocycles. The lowest BCUT2D eigenvalue weighted by atomic mass is 10.2. The molecule has 1 atom stereocenters. The molecule has 0 fully saturated rings. The standard InChI is InChI=1S/C26H25FN4O3S/c1-16-12-20(17(2)31(16)13-18-8-10-19(27)11-9-18)21(32)15-35-26-29-28-25(30(26)3)24-14-33-22-6-4-5-7-23(22)34-24/h4-12,24H,13-15H2,1-3H3. The molecule has 3 heterocycles. The lowest BCUT2D eigenvalue weighted by Crippen LogP contribution is -2.24. The first-order valence-electron chi connectivity index (χ1n) is 11.3. The highest BCUT2D eigenvalue weighted by Gasteiger charge is 2.28. The molecule has 0 N–H and O–H groups in total. The topological polar surface area (TPSA) is 71.2 Å². The molecule has 0 saturated carbocycles. The lowest BCUT2D eigenvalue weighted by molar-refractivity contribution is 0.0825. The van der Waals surface area contributed by atoms with Gasteiger partial charge in [0.25, 0.3) is 0 Å². The minimum Gasteiger partial charge on any atom is -0.485 e. The number of halogens is 1. The summed E-state index contributed by atoms with van der Waals surface area (Å²) in [5.41, 5.74) is 3.53. The van der Waals surface area contributed by atoms with E-state index in [0.717, 1.165) is 17.0 Å². The summed E-state index contributed by atoms with van der Waals surface area (Å²) in [5.74, 6) is 2.02. The van der Waals surface area contributed by atoms with Crippen molar-refractivity contribution in [1.82, 2.24) is 19.3 Å². The molecule has 0 amide bonds. The fraction of sp³-hybridized carbons (Fsp3) is 0.269. The number of aryl methyl sites for hydroxylation is 1. The maximum Gasteiger partial charge on any atom is 0.192 e. The molecular formula is C26H25FN4O3S. The Kier molecular flexibility index (Phi) is 6.34. The predicted octanol–water partition coefficient (Wildman–Crippen LogP) is 4.91. The van der Waals surface area contributed by atoms with E-state index in [1.807, 2.05) is 55.8 Å². The Balaban J connectivity index is 1.26. The van der Waals surface area contributed by atoms with Crippen LogP contribution in [0.5, 0.6) is 11.5 Å². The molecule has 7 nitrogen and oxygen atoms in total. The molecule has 1 aliphatic rings. The number of ether oxygens (including phenoxy) is 2. The number of ketones is 1. The number of hydrogen-bond acceptors (Lipinski definition) is 6. The summed E-state index contributed by atoms with van der Waals surface area (Å²) in [7, 11) is 1.86. The number of Topliss-reactive ketones (excluding diaryl/α,β-unsaturated/α-hetero) is 1. The van der Waals surface area contributed by atoms with Gasteiger partial charge in [-0.3, -0.25) is 4.79 Å². The summed E-state index contributed by atoms with van der Waals surface area (Å²) >= 11 is 1.34. The number of rotatable bonds is 7. The fourth-order valence-corrected chi connectivity index (χ4v) is 4.99. The van der Waals surface area contributed by atoms with Gasteiger partial charge in [-0.15, -0.1) is 10.2 Å². The van der Waals surface area contributed by atoms with Crippen LogP contribution in [0, 0.1) is 19.7 Å². The van der Waals surface area contributed by atoms with Crippen molar-refractivity contribution < 1.29 is 18.7 Å². The highest BCUT2D eigenvalue weighted by atomic mass is 32.2. The largest absolute Gasteiger partial charge is 0.485 e. The average Bonchev–Trinajstić information content (AvgIpc) is 3.37. The molecule has 2 aromatic heterocycles. The Hall–Kier alpha value is -3.59. The van der Waals surface area contributed by atoms with E-state index in [9.17, 15) is 9.18 Å². The zero-order valence-corrected chi connectivity index (χ0v) is 20.5. The van der Waals surface area contributed by atoms with Crippen LogP contribution in [0.4, 0.5) is 4.39 Å². The summed E-state index contributed by atoms with van der Waals surface area (Å²) in [6.45, 7) is 4.83. The Bertz CT molecular complexity index is 1380. The number of nitrogens with zero attached hydrogens (tertiary/aromatic N) is 4. The van der Waals surface area contributed by atoms with Gasteiger partial charge in [0.05, 0.1) is 5.75 Å². The van der Waals surface area contributed by atoms with Crippen LogP contribution in [0.2, 0.25) is 0 Å². The number of fused-ring (bicyclic) bond motifs is 1. The van der Waals surface area contributed by atoms with Gasteiger partial charge in [-0.2, -0.15) is 0 Å². The minimum absolute atomic E-state index is 0.0178. The molecule has 0 radical (unpaired) electrons. The Morgan fingerprint density at radius 1 is 1.11 bits per heavy atom. The smallest absolute Gasteiger partial charge is 0.192 e. The molecule has 0 spiro atoms. The molecule has 9 heteroatoms. The zero-order chi connectivity index (χ0) is 24.5. The second-order valence-corrected chi connectivity index (χ2v) is 9.42. The number of thioether (sulfide) groups is 1. The van der Waals surface area contributed by atoms with Crippen LogP contribution < -0.4 is 9.47 Å². The van der Waals surface area contributed by atoms with Crippen LogP contribution in [0.15, 0.2) is 59.8 Å². The summed E-state index contributed by atoms with van der Waals surface area (Å²) in [6, 6.07) is 15.9. The van der Waals surface area contributed by atoms with Crippen molar-refractivity contribution in [2.24, 2.45) is 7.05 Å². The normalized spacial score (nSPS) is 14.8. The second kappa shape index (κ2) is 9.58. The molecule has 4 aromatic rings. The van der Waals surface area contributed by atoms with Gasteiger partial charge in [0.2, 0.25) is 0 Å². The van der Waals surface area contributed by atoms with Crippen molar-refractivity contribution >= 4 is 17.5 Å². The van der Waals surface area contributed by atoms with Crippen LogP contribution in [0.1, 0.15) is 39.2 Å². The maximum absolute atomic E-state index is 13.2. The molecule has 0 bridgehead atoms. The van der Waals surface area contributed by atoms with Gasteiger partial charge in [0.15, 0.2) is 34.4 Å². The number of aromatic nitrogens is 4. The Labute approximate surface area is 206 Å². The third kappa shape index (κ3) is 4.68.